The maximum Gasteiger partial charge on any atom is 0.272 e. The molecule has 1 rings (SSSR count). The molecule has 0 fully saturated rings. The third-order valence-electron chi connectivity index (χ3n) is 2.76. The molecule has 0 aliphatic carbocycles. The topological polar surface area (TPSA) is 87.9 Å². The molecule has 5 nitrogen and oxygen atoms in total. The van der Waals surface area contributed by atoms with Gasteiger partial charge in [-0.15, -0.1) is 0 Å². The highest BCUT2D eigenvalue weighted by Gasteiger charge is 2.27. The van der Waals surface area contributed by atoms with Crippen LogP contribution in [0.15, 0.2) is 17.2 Å². The maximum absolute atomic E-state index is 12.0. The van der Waals surface area contributed by atoms with E-state index in [2.05, 4.69) is 11.1 Å². The number of hydrogen-bond acceptors (Lipinski definition) is 5. The number of nitriles is 1. The van der Waals surface area contributed by atoms with Crippen LogP contribution in [0.4, 0.5) is 0 Å². The standard InChI is InChI=1S/C12H13ClN2O3S/c1-4-19(17,18)9-5-8(12(2,3)7-14)6-15-10(9)11(13)16/h5-6H,4H2,1-3H3. The summed E-state index contributed by atoms with van der Waals surface area (Å²) in [6, 6.07) is 3.35. The van der Waals surface area contributed by atoms with Gasteiger partial charge in [-0.1, -0.05) is 6.92 Å². The fourth-order valence-corrected chi connectivity index (χ4v) is 2.66. The van der Waals surface area contributed by atoms with Crippen LogP contribution < -0.4 is 0 Å². The third kappa shape index (κ3) is 3.11. The molecular formula is C12H13ClN2O3S. The van der Waals surface area contributed by atoms with Crippen molar-refractivity contribution in [3.05, 3.63) is 23.5 Å². The molecule has 19 heavy (non-hydrogen) atoms. The number of carbonyl (C=O) groups is 1. The summed E-state index contributed by atoms with van der Waals surface area (Å²) in [6.07, 6.45) is 1.30. The number of aromatic nitrogens is 1. The zero-order valence-electron chi connectivity index (χ0n) is 10.8. The van der Waals surface area contributed by atoms with Crippen molar-refractivity contribution in [2.24, 2.45) is 0 Å². The number of halogens is 1. The minimum Gasteiger partial charge on any atom is -0.274 e. The van der Waals surface area contributed by atoms with E-state index in [1.54, 1.807) is 13.8 Å². The predicted molar refractivity (Wildman–Crippen MR) is 70.8 cm³/mol. The molecule has 1 heterocycles. The van der Waals surface area contributed by atoms with Gasteiger partial charge in [-0.25, -0.2) is 8.42 Å². The largest absolute Gasteiger partial charge is 0.274 e. The molecule has 0 bridgehead atoms. The molecule has 7 heteroatoms. The average molecular weight is 301 g/mol. The van der Waals surface area contributed by atoms with Crippen LogP contribution in [0.2, 0.25) is 0 Å². The molecule has 0 aromatic carbocycles. The van der Waals surface area contributed by atoms with Gasteiger partial charge in [-0.3, -0.25) is 9.78 Å². The van der Waals surface area contributed by atoms with Crippen LogP contribution >= 0.6 is 11.6 Å². The second-order valence-corrected chi connectivity index (χ2v) is 7.07. The van der Waals surface area contributed by atoms with E-state index < -0.39 is 20.5 Å². The summed E-state index contributed by atoms with van der Waals surface area (Å²) in [5.74, 6) is -0.178. The normalized spacial score (nSPS) is 11.9. The molecule has 0 radical (unpaired) electrons. The van der Waals surface area contributed by atoms with Crippen molar-refractivity contribution in [1.82, 2.24) is 4.98 Å². The van der Waals surface area contributed by atoms with Gasteiger partial charge in [0.2, 0.25) is 0 Å². The molecule has 0 unspecified atom stereocenters. The summed E-state index contributed by atoms with van der Waals surface area (Å²) in [5, 5.41) is 8.12. The molecule has 0 saturated carbocycles. The smallest absolute Gasteiger partial charge is 0.272 e. The van der Waals surface area contributed by atoms with E-state index in [4.69, 9.17) is 16.9 Å². The van der Waals surface area contributed by atoms with Crippen molar-refractivity contribution in [1.29, 1.82) is 5.26 Å². The quantitative estimate of drug-likeness (QED) is 0.794. The zero-order chi connectivity index (χ0) is 14.8. The lowest BCUT2D eigenvalue weighted by Gasteiger charge is -2.17. The van der Waals surface area contributed by atoms with Crippen molar-refractivity contribution < 1.29 is 13.2 Å². The molecule has 0 amide bonds. The van der Waals surface area contributed by atoms with Crippen LogP contribution in [0.25, 0.3) is 0 Å². The van der Waals surface area contributed by atoms with E-state index in [0.29, 0.717) is 5.56 Å². The second-order valence-electron chi connectivity index (χ2n) is 4.48. The molecule has 0 N–H and O–H groups in total. The lowest BCUT2D eigenvalue weighted by molar-refractivity contribution is 0.107. The van der Waals surface area contributed by atoms with Gasteiger partial charge in [-0.05, 0) is 37.1 Å². The van der Waals surface area contributed by atoms with Crippen LogP contribution in [0.5, 0.6) is 0 Å². The van der Waals surface area contributed by atoms with Gasteiger partial charge >= 0.3 is 0 Å². The Labute approximate surface area is 117 Å². The Morgan fingerprint density at radius 2 is 2.11 bits per heavy atom. The molecule has 0 saturated heterocycles. The fourth-order valence-electron chi connectivity index (χ4n) is 1.39. The minimum absolute atomic E-state index is 0.178. The van der Waals surface area contributed by atoms with E-state index in [0.717, 1.165) is 0 Å². The van der Waals surface area contributed by atoms with Crippen molar-refractivity contribution in [3.8, 4) is 6.07 Å². The maximum atomic E-state index is 12.0. The van der Waals surface area contributed by atoms with Gasteiger partial charge < -0.3 is 0 Å². The fraction of sp³-hybridized carbons (Fsp3) is 0.417. The molecule has 1 aromatic rings. The first-order valence-electron chi connectivity index (χ1n) is 5.50. The molecule has 1 aromatic heterocycles. The lowest BCUT2D eigenvalue weighted by atomic mass is 9.87. The first-order chi connectivity index (χ1) is 8.65. The number of nitrogens with zero attached hydrogens (tertiary/aromatic N) is 2. The Morgan fingerprint density at radius 1 is 1.53 bits per heavy atom. The van der Waals surface area contributed by atoms with E-state index in [9.17, 15) is 13.2 Å². The van der Waals surface area contributed by atoms with Crippen LogP contribution in [0.3, 0.4) is 0 Å². The van der Waals surface area contributed by atoms with E-state index in [-0.39, 0.29) is 16.3 Å². The van der Waals surface area contributed by atoms with Gasteiger partial charge in [0.05, 0.1) is 22.1 Å². The van der Waals surface area contributed by atoms with E-state index >= 15 is 0 Å². The molecule has 0 aliphatic heterocycles. The summed E-state index contributed by atoms with van der Waals surface area (Å²) in [4.78, 5) is 14.8. The molecule has 0 spiro atoms. The summed E-state index contributed by atoms with van der Waals surface area (Å²) in [5.41, 5.74) is -0.788. The van der Waals surface area contributed by atoms with Crippen LogP contribution in [0.1, 0.15) is 36.8 Å². The average Bonchev–Trinajstić information content (AvgIpc) is 2.37. The van der Waals surface area contributed by atoms with Gasteiger partial charge in [-0.2, -0.15) is 5.26 Å². The second kappa shape index (κ2) is 5.27. The third-order valence-corrected chi connectivity index (χ3v) is 4.68. The Hall–Kier alpha value is -1.45. The number of hydrogen-bond donors (Lipinski definition) is 0. The van der Waals surface area contributed by atoms with Crippen molar-refractivity contribution in [2.45, 2.75) is 31.1 Å². The Balaban J connectivity index is 3.63. The first kappa shape index (κ1) is 15.6. The first-order valence-corrected chi connectivity index (χ1v) is 7.53. The van der Waals surface area contributed by atoms with Crippen molar-refractivity contribution in [3.63, 3.8) is 0 Å². The summed E-state index contributed by atoms with van der Waals surface area (Å²) in [7, 11) is -3.64. The Morgan fingerprint density at radius 3 is 2.53 bits per heavy atom. The minimum atomic E-state index is -3.64. The highest BCUT2D eigenvalue weighted by Crippen LogP contribution is 2.26. The lowest BCUT2D eigenvalue weighted by Crippen LogP contribution is -2.18. The summed E-state index contributed by atoms with van der Waals surface area (Å²) in [6.45, 7) is 4.73. The summed E-state index contributed by atoms with van der Waals surface area (Å²) < 4.78 is 23.9. The van der Waals surface area contributed by atoms with E-state index in [1.165, 1.54) is 19.2 Å². The number of carbonyl (C=O) groups excluding carboxylic acids is 1. The zero-order valence-corrected chi connectivity index (χ0v) is 12.3. The van der Waals surface area contributed by atoms with Gasteiger partial charge in [0, 0.05) is 6.20 Å². The van der Waals surface area contributed by atoms with Gasteiger partial charge in [0.1, 0.15) is 5.69 Å². The Bertz CT molecular complexity index is 660. The van der Waals surface area contributed by atoms with E-state index in [1.807, 2.05) is 0 Å². The predicted octanol–water partition coefficient (Wildman–Crippen LogP) is 2.06. The van der Waals surface area contributed by atoms with Crippen LogP contribution in [-0.4, -0.2) is 24.4 Å². The monoisotopic (exact) mass is 300 g/mol. The van der Waals surface area contributed by atoms with Gasteiger partial charge in [0.15, 0.2) is 9.84 Å². The van der Waals surface area contributed by atoms with Crippen LogP contribution in [0, 0.1) is 11.3 Å². The molecule has 0 atom stereocenters. The Kier molecular flexibility index (Phi) is 4.33. The van der Waals surface area contributed by atoms with Crippen LogP contribution in [-0.2, 0) is 15.3 Å². The highest BCUT2D eigenvalue weighted by atomic mass is 35.5. The highest BCUT2D eigenvalue weighted by molar-refractivity contribution is 7.91. The van der Waals surface area contributed by atoms with Crippen molar-refractivity contribution >= 4 is 26.7 Å². The van der Waals surface area contributed by atoms with Crippen molar-refractivity contribution in [2.75, 3.05) is 5.75 Å². The number of rotatable bonds is 4. The SMILES string of the molecule is CCS(=O)(=O)c1cc(C(C)(C)C#N)cnc1C(=O)Cl. The molecule has 0 aliphatic rings. The number of sulfone groups is 1. The number of pyridine rings is 1. The molecule has 102 valence electrons. The molecular weight excluding hydrogens is 288 g/mol. The van der Waals surface area contributed by atoms with Gasteiger partial charge in [0.25, 0.3) is 5.24 Å². The summed E-state index contributed by atoms with van der Waals surface area (Å²) >= 11 is 5.34.